The molecule has 1 N–H and O–H groups in total. The number of pyridine rings is 1. The van der Waals surface area contributed by atoms with E-state index >= 15 is 0 Å². The highest BCUT2D eigenvalue weighted by atomic mass is 32.1. The normalized spacial score (nSPS) is 11.5. The van der Waals surface area contributed by atoms with E-state index < -0.39 is 0 Å². The van der Waals surface area contributed by atoms with E-state index in [1.165, 1.54) is 0 Å². The van der Waals surface area contributed by atoms with E-state index in [0.717, 1.165) is 37.8 Å². The lowest BCUT2D eigenvalue weighted by atomic mass is 10.2. The van der Waals surface area contributed by atoms with Gasteiger partial charge in [0.1, 0.15) is 5.65 Å². The van der Waals surface area contributed by atoms with Gasteiger partial charge in [0.05, 0.1) is 27.3 Å². The van der Waals surface area contributed by atoms with Crippen LogP contribution in [0.5, 0.6) is 0 Å². The molecule has 0 saturated heterocycles. The minimum absolute atomic E-state index is 0.0704. The van der Waals surface area contributed by atoms with Crippen molar-refractivity contribution in [3.63, 3.8) is 0 Å². The molecule has 1 aromatic carbocycles. The summed E-state index contributed by atoms with van der Waals surface area (Å²) in [5.74, 6) is 0.336. The SMILES string of the molecule is Cc1cccn2cc(CC(=O)Nc3ccc4nc(C(C)C)sc4c3)nc12. The van der Waals surface area contributed by atoms with Crippen molar-refractivity contribution in [2.45, 2.75) is 33.1 Å². The van der Waals surface area contributed by atoms with Gasteiger partial charge in [-0.1, -0.05) is 19.9 Å². The molecule has 3 heterocycles. The quantitative estimate of drug-likeness (QED) is 0.578. The molecule has 3 aromatic heterocycles. The first-order valence-electron chi connectivity index (χ1n) is 8.63. The molecule has 1 amide bonds. The van der Waals surface area contributed by atoms with Crippen LogP contribution < -0.4 is 5.32 Å². The summed E-state index contributed by atoms with van der Waals surface area (Å²) in [5.41, 5.74) is 4.52. The summed E-state index contributed by atoms with van der Waals surface area (Å²) in [6, 6.07) is 9.84. The van der Waals surface area contributed by atoms with Gasteiger partial charge < -0.3 is 9.72 Å². The van der Waals surface area contributed by atoms with Gasteiger partial charge in [-0.3, -0.25) is 4.79 Å². The van der Waals surface area contributed by atoms with Gasteiger partial charge in [-0.25, -0.2) is 9.97 Å². The number of nitrogens with one attached hydrogen (secondary N) is 1. The number of aromatic nitrogens is 3. The molecule has 0 aliphatic carbocycles. The number of carbonyl (C=O) groups is 1. The molecule has 0 radical (unpaired) electrons. The minimum atomic E-state index is -0.0704. The molecule has 5 nitrogen and oxygen atoms in total. The molecule has 132 valence electrons. The van der Waals surface area contributed by atoms with Crippen LogP contribution in [-0.4, -0.2) is 20.3 Å². The maximum absolute atomic E-state index is 12.4. The largest absolute Gasteiger partial charge is 0.326 e. The molecule has 4 aromatic rings. The zero-order valence-corrected chi connectivity index (χ0v) is 15.8. The Morgan fingerprint density at radius 3 is 2.88 bits per heavy atom. The minimum Gasteiger partial charge on any atom is -0.326 e. The fourth-order valence-electron chi connectivity index (χ4n) is 2.93. The van der Waals surface area contributed by atoms with Crippen LogP contribution in [0.3, 0.4) is 0 Å². The number of hydrogen-bond donors (Lipinski definition) is 1. The Labute approximate surface area is 155 Å². The number of anilines is 1. The van der Waals surface area contributed by atoms with Crippen molar-refractivity contribution >= 4 is 38.8 Å². The van der Waals surface area contributed by atoms with Crippen LogP contribution in [0.15, 0.2) is 42.7 Å². The number of benzene rings is 1. The Morgan fingerprint density at radius 2 is 2.12 bits per heavy atom. The summed E-state index contributed by atoms with van der Waals surface area (Å²) >= 11 is 1.68. The third-order valence-electron chi connectivity index (χ3n) is 4.25. The first kappa shape index (κ1) is 16.7. The number of hydrogen-bond acceptors (Lipinski definition) is 4. The number of thiazole rings is 1. The molecular weight excluding hydrogens is 344 g/mol. The number of fused-ring (bicyclic) bond motifs is 2. The number of aryl methyl sites for hydroxylation is 1. The molecule has 0 unspecified atom stereocenters. The fourth-order valence-corrected chi connectivity index (χ4v) is 3.94. The van der Waals surface area contributed by atoms with E-state index in [1.54, 1.807) is 11.3 Å². The van der Waals surface area contributed by atoms with Gasteiger partial charge in [0.2, 0.25) is 5.91 Å². The molecule has 0 atom stereocenters. The second-order valence-corrected chi connectivity index (χ2v) is 7.83. The van der Waals surface area contributed by atoms with Crippen LogP contribution in [0.25, 0.3) is 15.9 Å². The van der Waals surface area contributed by atoms with Crippen LogP contribution in [0.1, 0.15) is 36.0 Å². The molecule has 0 spiro atoms. The molecule has 0 saturated carbocycles. The highest BCUT2D eigenvalue weighted by Gasteiger charge is 2.11. The number of amides is 1. The second kappa shape index (κ2) is 6.53. The lowest BCUT2D eigenvalue weighted by Gasteiger charge is -2.03. The summed E-state index contributed by atoms with van der Waals surface area (Å²) in [4.78, 5) is 21.6. The summed E-state index contributed by atoms with van der Waals surface area (Å²) in [7, 11) is 0. The standard InChI is InChI=1S/C20H20N4OS/c1-12(2)20-23-16-7-6-14(9-17(16)26-20)21-18(25)10-15-11-24-8-4-5-13(3)19(24)22-15/h4-9,11-12H,10H2,1-3H3,(H,21,25). The zero-order chi connectivity index (χ0) is 18.3. The molecule has 0 aliphatic rings. The van der Waals surface area contributed by atoms with E-state index in [0.29, 0.717) is 5.92 Å². The third-order valence-corrected chi connectivity index (χ3v) is 5.57. The van der Waals surface area contributed by atoms with Crippen LogP contribution in [0.2, 0.25) is 0 Å². The van der Waals surface area contributed by atoms with Gasteiger partial charge in [0.15, 0.2) is 0 Å². The summed E-state index contributed by atoms with van der Waals surface area (Å²) in [5, 5.41) is 4.09. The van der Waals surface area contributed by atoms with Crippen molar-refractivity contribution in [1.82, 2.24) is 14.4 Å². The molecule has 0 fully saturated rings. The predicted octanol–water partition coefficient (Wildman–Crippen LogP) is 4.56. The number of rotatable bonds is 4. The number of nitrogens with zero attached hydrogens (tertiary/aromatic N) is 3. The first-order chi connectivity index (χ1) is 12.5. The van der Waals surface area contributed by atoms with Crippen LogP contribution in [0, 0.1) is 6.92 Å². The fraction of sp³-hybridized carbons (Fsp3) is 0.250. The average molecular weight is 364 g/mol. The highest BCUT2D eigenvalue weighted by molar-refractivity contribution is 7.18. The smallest absolute Gasteiger partial charge is 0.230 e. The topological polar surface area (TPSA) is 59.3 Å². The van der Waals surface area contributed by atoms with Gasteiger partial charge in [-0.2, -0.15) is 0 Å². The third kappa shape index (κ3) is 3.20. The van der Waals surface area contributed by atoms with Gasteiger partial charge in [0, 0.05) is 24.0 Å². The van der Waals surface area contributed by atoms with E-state index in [9.17, 15) is 4.79 Å². The molecular formula is C20H20N4OS. The monoisotopic (exact) mass is 364 g/mol. The van der Waals surface area contributed by atoms with Crippen molar-refractivity contribution in [1.29, 1.82) is 0 Å². The van der Waals surface area contributed by atoms with E-state index in [4.69, 9.17) is 0 Å². The van der Waals surface area contributed by atoms with Crippen molar-refractivity contribution in [3.05, 3.63) is 59.0 Å². The van der Waals surface area contributed by atoms with Crippen LogP contribution in [0.4, 0.5) is 5.69 Å². The molecule has 4 rings (SSSR count). The molecule has 6 heteroatoms. The van der Waals surface area contributed by atoms with Gasteiger partial charge in [0.25, 0.3) is 0 Å². The van der Waals surface area contributed by atoms with E-state index in [2.05, 4.69) is 29.1 Å². The highest BCUT2D eigenvalue weighted by Crippen LogP contribution is 2.29. The summed E-state index contributed by atoms with van der Waals surface area (Å²) in [6.07, 6.45) is 4.10. The van der Waals surface area contributed by atoms with Crippen LogP contribution in [-0.2, 0) is 11.2 Å². The first-order valence-corrected chi connectivity index (χ1v) is 9.45. The van der Waals surface area contributed by atoms with E-state index in [-0.39, 0.29) is 12.3 Å². The van der Waals surface area contributed by atoms with Gasteiger partial charge >= 0.3 is 0 Å². The van der Waals surface area contributed by atoms with Crippen molar-refractivity contribution < 1.29 is 4.79 Å². The predicted molar refractivity (Wildman–Crippen MR) is 106 cm³/mol. The van der Waals surface area contributed by atoms with Gasteiger partial charge in [-0.15, -0.1) is 11.3 Å². The molecule has 0 bridgehead atoms. The maximum atomic E-state index is 12.4. The Morgan fingerprint density at radius 1 is 1.27 bits per heavy atom. The lowest BCUT2D eigenvalue weighted by Crippen LogP contribution is -2.14. The second-order valence-electron chi connectivity index (χ2n) is 6.77. The van der Waals surface area contributed by atoms with Crippen molar-refractivity contribution in [3.8, 4) is 0 Å². The lowest BCUT2D eigenvalue weighted by molar-refractivity contribution is -0.115. The molecule has 26 heavy (non-hydrogen) atoms. The van der Waals surface area contributed by atoms with Crippen LogP contribution >= 0.6 is 11.3 Å². The Hall–Kier alpha value is -2.73. The number of carbonyl (C=O) groups excluding carboxylic acids is 1. The molecule has 0 aliphatic heterocycles. The van der Waals surface area contributed by atoms with Crippen molar-refractivity contribution in [2.24, 2.45) is 0 Å². The summed E-state index contributed by atoms with van der Waals surface area (Å²) in [6.45, 7) is 6.29. The van der Waals surface area contributed by atoms with Gasteiger partial charge in [-0.05, 0) is 36.8 Å². The summed E-state index contributed by atoms with van der Waals surface area (Å²) < 4.78 is 3.05. The Bertz CT molecular complexity index is 1110. The number of imidazole rings is 1. The maximum Gasteiger partial charge on any atom is 0.230 e. The average Bonchev–Trinajstić information content (AvgIpc) is 3.18. The van der Waals surface area contributed by atoms with E-state index in [1.807, 2.05) is 54.0 Å². The zero-order valence-electron chi connectivity index (χ0n) is 15.0. The Kier molecular flexibility index (Phi) is 4.20. The Balaban J connectivity index is 1.51. The van der Waals surface area contributed by atoms with Crippen molar-refractivity contribution in [2.75, 3.05) is 5.32 Å².